The molecule has 0 bridgehead atoms. The number of rotatable bonds is 4. The summed E-state index contributed by atoms with van der Waals surface area (Å²) >= 11 is 0. The molecule has 0 aliphatic rings. The smallest absolute Gasteiger partial charge is 0.320 e. The second-order valence-corrected chi connectivity index (χ2v) is 2.91. The normalized spacial score (nSPS) is 8.81. The molecule has 0 aromatic carbocycles. The molecule has 3 N–H and O–H groups in total. The van der Waals surface area contributed by atoms with Gasteiger partial charge in [0, 0.05) is 0 Å². The van der Waals surface area contributed by atoms with Crippen LogP contribution in [-0.2, 0) is 19.1 Å². The predicted molar refractivity (Wildman–Crippen MR) is 60.0 cm³/mol. The fraction of sp³-hybridized carbons (Fsp3) is 0.700. The zero-order valence-corrected chi connectivity index (χ0v) is 10.2. The molecule has 6 heteroatoms. The maximum absolute atomic E-state index is 10.9. The molecule has 0 heterocycles. The summed E-state index contributed by atoms with van der Waals surface area (Å²) in [6.07, 6.45) is 0. The summed E-state index contributed by atoms with van der Waals surface area (Å²) < 4.78 is 9.26. The van der Waals surface area contributed by atoms with Crippen molar-refractivity contribution in [1.82, 2.24) is 0 Å². The third-order valence-corrected chi connectivity index (χ3v) is 1.28. The van der Waals surface area contributed by atoms with Crippen LogP contribution in [-0.4, -0.2) is 31.0 Å². The predicted octanol–water partition coefficient (Wildman–Crippen LogP) is 0.691. The Hall–Kier alpha value is -1.59. The summed E-state index contributed by atoms with van der Waals surface area (Å²) in [5.74, 6) is -1.71. The number of ether oxygens (including phenoxy) is 2. The summed E-state index contributed by atoms with van der Waals surface area (Å²) in [4.78, 5) is 21.9. The van der Waals surface area contributed by atoms with Crippen molar-refractivity contribution >= 4 is 17.8 Å². The Kier molecular flexibility index (Phi) is 10.5. The van der Waals surface area contributed by atoms with Crippen LogP contribution in [0.5, 0.6) is 0 Å². The van der Waals surface area contributed by atoms with E-state index in [0.29, 0.717) is 0 Å². The minimum atomic E-state index is -0.815. The van der Waals surface area contributed by atoms with Crippen molar-refractivity contribution in [3.8, 4) is 0 Å². The van der Waals surface area contributed by atoms with Crippen LogP contribution in [0.1, 0.15) is 27.7 Å². The summed E-state index contributed by atoms with van der Waals surface area (Å²) in [7, 11) is 0. The lowest BCUT2D eigenvalue weighted by atomic mass is 10.2. The number of hydrogen-bond donors (Lipinski definition) is 2. The molecule has 0 atom stereocenters. The SMILES string of the molecule is CC(=N)N.CCOC(=O)C(C)C(=O)OCC. The van der Waals surface area contributed by atoms with E-state index in [0.717, 1.165) is 0 Å². The summed E-state index contributed by atoms with van der Waals surface area (Å²) in [6.45, 7) is 6.94. The zero-order valence-electron chi connectivity index (χ0n) is 10.2. The van der Waals surface area contributed by atoms with Crippen LogP contribution in [0.4, 0.5) is 0 Å². The molecule has 0 saturated heterocycles. The van der Waals surface area contributed by atoms with Crippen molar-refractivity contribution in [2.24, 2.45) is 11.7 Å². The first-order valence-electron chi connectivity index (χ1n) is 5.00. The van der Waals surface area contributed by atoms with E-state index in [9.17, 15) is 9.59 Å². The highest BCUT2D eigenvalue weighted by atomic mass is 16.6. The Morgan fingerprint density at radius 2 is 1.44 bits per heavy atom. The summed E-state index contributed by atoms with van der Waals surface area (Å²) in [5.41, 5.74) is 4.69. The minimum absolute atomic E-state index is 0.167. The highest BCUT2D eigenvalue weighted by Gasteiger charge is 2.23. The van der Waals surface area contributed by atoms with Crippen molar-refractivity contribution in [2.45, 2.75) is 27.7 Å². The van der Waals surface area contributed by atoms with E-state index in [-0.39, 0.29) is 19.0 Å². The Morgan fingerprint density at radius 1 is 1.19 bits per heavy atom. The molecular weight excluding hydrogens is 212 g/mol. The van der Waals surface area contributed by atoms with Crippen LogP contribution in [0.3, 0.4) is 0 Å². The molecule has 6 nitrogen and oxygen atoms in total. The van der Waals surface area contributed by atoms with E-state index in [1.165, 1.54) is 13.8 Å². The average molecular weight is 232 g/mol. The van der Waals surface area contributed by atoms with Gasteiger partial charge < -0.3 is 15.2 Å². The van der Waals surface area contributed by atoms with Gasteiger partial charge in [-0.2, -0.15) is 0 Å². The number of esters is 2. The van der Waals surface area contributed by atoms with E-state index in [1.54, 1.807) is 13.8 Å². The van der Waals surface area contributed by atoms with Crippen molar-refractivity contribution in [3.63, 3.8) is 0 Å². The van der Waals surface area contributed by atoms with Crippen LogP contribution in [0.25, 0.3) is 0 Å². The third-order valence-electron chi connectivity index (χ3n) is 1.28. The Labute approximate surface area is 95.6 Å². The lowest BCUT2D eigenvalue weighted by molar-refractivity contribution is -0.160. The van der Waals surface area contributed by atoms with Gasteiger partial charge in [-0.1, -0.05) is 0 Å². The fourth-order valence-electron chi connectivity index (χ4n) is 0.631. The molecule has 0 amide bonds. The number of carbonyl (C=O) groups is 2. The van der Waals surface area contributed by atoms with Crippen LogP contribution in [0.15, 0.2) is 0 Å². The third kappa shape index (κ3) is 10.5. The zero-order chi connectivity index (χ0) is 13.1. The van der Waals surface area contributed by atoms with Gasteiger partial charge in [0.05, 0.1) is 19.0 Å². The molecule has 94 valence electrons. The molecule has 0 aromatic heterocycles. The molecule has 0 unspecified atom stereocenters. The highest BCUT2D eigenvalue weighted by molar-refractivity contribution is 5.94. The topological polar surface area (TPSA) is 102 Å². The van der Waals surface area contributed by atoms with Gasteiger partial charge in [-0.15, -0.1) is 0 Å². The lowest BCUT2D eigenvalue weighted by Crippen LogP contribution is -2.25. The maximum Gasteiger partial charge on any atom is 0.320 e. The molecular formula is C10H20N2O4. The van der Waals surface area contributed by atoms with Crippen LogP contribution < -0.4 is 5.73 Å². The van der Waals surface area contributed by atoms with Crippen LogP contribution >= 0.6 is 0 Å². The van der Waals surface area contributed by atoms with Crippen molar-refractivity contribution in [1.29, 1.82) is 5.41 Å². The molecule has 0 rings (SSSR count). The Morgan fingerprint density at radius 3 is 1.62 bits per heavy atom. The largest absolute Gasteiger partial charge is 0.465 e. The molecule has 0 fully saturated rings. The summed E-state index contributed by atoms with van der Waals surface area (Å²) in [5, 5.41) is 6.28. The molecule has 0 aliphatic carbocycles. The first-order valence-corrected chi connectivity index (χ1v) is 5.00. The van der Waals surface area contributed by atoms with Gasteiger partial charge in [0.25, 0.3) is 0 Å². The number of nitrogens with one attached hydrogen (secondary N) is 1. The lowest BCUT2D eigenvalue weighted by Gasteiger charge is -2.08. The molecule has 0 aromatic rings. The molecule has 0 aliphatic heterocycles. The van der Waals surface area contributed by atoms with Gasteiger partial charge in [0.15, 0.2) is 5.92 Å². The second kappa shape index (κ2) is 9.95. The average Bonchev–Trinajstić information content (AvgIpc) is 2.16. The molecule has 16 heavy (non-hydrogen) atoms. The van der Waals surface area contributed by atoms with Gasteiger partial charge in [-0.05, 0) is 27.7 Å². The van der Waals surface area contributed by atoms with Gasteiger partial charge in [0.1, 0.15) is 0 Å². The second-order valence-electron chi connectivity index (χ2n) is 2.91. The van der Waals surface area contributed by atoms with E-state index in [1.807, 2.05) is 0 Å². The number of nitrogens with two attached hydrogens (primary N) is 1. The van der Waals surface area contributed by atoms with Crippen LogP contribution in [0.2, 0.25) is 0 Å². The molecule has 0 radical (unpaired) electrons. The maximum atomic E-state index is 10.9. The first kappa shape index (κ1) is 16.8. The van der Waals surface area contributed by atoms with E-state index in [2.05, 4.69) is 9.47 Å². The van der Waals surface area contributed by atoms with Crippen LogP contribution in [0, 0.1) is 11.3 Å². The van der Waals surface area contributed by atoms with E-state index < -0.39 is 17.9 Å². The quantitative estimate of drug-likeness (QED) is 0.321. The van der Waals surface area contributed by atoms with Gasteiger partial charge in [-0.3, -0.25) is 15.0 Å². The number of carbonyl (C=O) groups excluding carboxylic acids is 2. The van der Waals surface area contributed by atoms with Gasteiger partial charge in [0.2, 0.25) is 0 Å². The minimum Gasteiger partial charge on any atom is -0.465 e. The van der Waals surface area contributed by atoms with E-state index in [4.69, 9.17) is 11.1 Å². The van der Waals surface area contributed by atoms with E-state index >= 15 is 0 Å². The fourth-order valence-corrected chi connectivity index (χ4v) is 0.631. The van der Waals surface area contributed by atoms with Gasteiger partial charge >= 0.3 is 11.9 Å². The monoisotopic (exact) mass is 232 g/mol. The molecule has 0 spiro atoms. The van der Waals surface area contributed by atoms with Crippen molar-refractivity contribution in [2.75, 3.05) is 13.2 Å². The highest BCUT2D eigenvalue weighted by Crippen LogP contribution is 2.01. The standard InChI is InChI=1S/C8H14O4.C2H6N2/c1-4-11-7(9)6(3)8(10)12-5-2;1-2(3)4/h6H,4-5H2,1-3H3;1H3,(H3,3,4). The molecule has 0 saturated carbocycles. The van der Waals surface area contributed by atoms with Gasteiger partial charge in [-0.25, -0.2) is 0 Å². The van der Waals surface area contributed by atoms with Crippen molar-refractivity contribution < 1.29 is 19.1 Å². The number of amidine groups is 1. The Balaban J connectivity index is 0. The Bertz CT molecular complexity index is 219. The van der Waals surface area contributed by atoms with Crippen molar-refractivity contribution in [3.05, 3.63) is 0 Å². The summed E-state index contributed by atoms with van der Waals surface area (Å²) in [6, 6.07) is 0. The first-order chi connectivity index (χ1) is 7.36. The number of hydrogen-bond acceptors (Lipinski definition) is 5.